The number of aromatic nitrogens is 1. The molecular weight excluding hydrogens is 318 g/mol. The lowest BCUT2D eigenvalue weighted by Gasteiger charge is -2.36. The van der Waals surface area contributed by atoms with E-state index in [0.717, 1.165) is 48.9 Å². The maximum Gasteiger partial charge on any atom is 0.186 e. The third-order valence-corrected chi connectivity index (χ3v) is 5.73. The van der Waals surface area contributed by atoms with Crippen LogP contribution in [0.4, 0.5) is 10.8 Å². The lowest BCUT2D eigenvalue weighted by atomic mass is 10.1. The molecule has 4 rings (SSSR count). The molecule has 1 aromatic heterocycles. The molecule has 1 fully saturated rings. The molecule has 0 spiro atoms. The van der Waals surface area contributed by atoms with Gasteiger partial charge in [0.05, 0.1) is 15.9 Å². The first-order valence-electron chi connectivity index (χ1n) is 8.42. The number of para-hydroxylation sites is 3. The predicted octanol–water partition coefficient (Wildman–Crippen LogP) is 3.89. The maximum atomic E-state index is 10.0. The number of nitrogens with zero attached hydrogens (tertiary/aromatic N) is 3. The van der Waals surface area contributed by atoms with E-state index >= 15 is 0 Å². The fraction of sp³-hybridized carbons (Fsp3) is 0.316. The standard InChI is InChI=1S/C19H21N3OS/c1-2-14-6-5-9-17-18(14)20-19(24-17)22-12-10-21(11-13-22)15-7-3-4-8-16(15)23/h3-9,23H,2,10-13H2,1H3. The highest BCUT2D eigenvalue weighted by Crippen LogP contribution is 2.33. The summed E-state index contributed by atoms with van der Waals surface area (Å²) in [5.74, 6) is 0.360. The van der Waals surface area contributed by atoms with E-state index in [1.165, 1.54) is 10.3 Å². The van der Waals surface area contributed by atoms with Crippen LogP contribution in [0.2, 0.25) is 0 Å². The molecule has 1 N–H and O–H groups in total. The summed E-state index contributed by atoms with van der Waals surface area (Å²) in [6, 6.07) is 14.0. The second-order valence-corrected chi connectivity index (χ2v) is 7.09. The SMILES string of the molecule is CCc1cccc2sc(N3CCN(c4ccccc4O)CC3)nc12. The minimum absolute atomic E-state index is 0.360. The first-order chi connectivity index (χ1) is 11.8. The Morgan fingerprint density at radius 2 is 1.75 bits per heavy atom. The number of phenolic OH excluding ortho intramolecular Hbond substituents is 1. The van der Waals surface area contributed by atoms with Crippen LogP contribution in [0.25, 0.3) is 10.2 Å². The second-order valence-electron chi connectivity index (χ2n) is 6.08. The monoisotopic (exact) mass is 339 g/mol. The molecule has 0 atom stereocenters. The highest BCUT2D eigenvalue weighted by Gasteiger charge is 2.21. The highest BCUT2D eigenvalue weighted by atomic mass is 32.1. The van der Waals surface area contributed by atoms with E-state index in [2.05, 4.69) is 34.9 Å². The third-order valence-electron chi connectivity index (χ3n) is 4.64. The van der Waals surface area contributed by atoms with Crippen LogP contribution in [0, 0.1) is 0 Å². The third kappa shape index (κ3) is 2.69. The predicted molar refractivity (Wildman–Crippen MR) is 102 cm³/mol. The Balaban J connectivity index is 1.53. The molecule has 3 aromatic rings. The molecule has 0 amide bonds. The van der Waals surface area contributed by atoms with Crippen LogP contribution in [0.5, 0.6) is 5.75 Å². The summed E-state index contributed by atoms with van der Waals surface area (Å²) in [7, 11) is 0. The van der Waals surface area contributed by atoms with Gasteiger partial charge in [-0.2, -0.15) is 0 Å². The Kier molecular flexibility index (Phi) is 4.02. The molecule has 4 nitrogen and oxygen atoms in total. The van der Waals surface area contributed by atoms with Crippen LogP contribution in [-0.4, -0.2) is 36.3 Å². The molecule has 0 saturated carbocycles. The Hall–Kier alpha value is -2.27. The summed E-state index contributed by atoms with van der Waals surface area (Å²) in [4.78, 5) is 9.51. The number of aryl methyl sites for hydroxylation is 1. The average Bonchev–Trinajstić information content (AvgIpc) is 3.06. The van der Waals surface area contributed by atoms with E-state index in [1.54, 1.807) is 17.4 Å². The number of thiazole rings is 1. The van der Waals surface area contributed by atoms with Crippen molar-refractivity contribution in [2.45, 2.75) is 13.3 Å². The number of fused-ring (bicyclic) bond motifs is 1. The number of phenols is 1. The van der Waals surface area contributed by atoms with Crippen molar-refractivity contribution in [3.8, 4) is 5.75 Å². The lowest BCUT2D eigenvalue weighted by molar-refractivity contribution is 0.472. The summed E-state index contributed by atoms with van der Waals surface area (Å²) in [6.45, 7) is 5.83. The average molecular weight is 339 g/mol. The number of benzene rings is 2. The van der Waals surface area contributed by atoms with Crippen LogP contribution in [-0.2, 0) is 6.42 Å². The summed E-state index contributed by atoms with van der Waals surface area (Å²) < 4.78 is 1.27. The van der Waals surface area contributed by atoms with E-state index in [9.17, 15) is 5.11 Å². The van der Waals surface area contributed by atoms with Crippen LogP contribution in [0.15, 0.2) is 42.5 Å². The fourth-order valence-electron chi connectivity index (χ4n) is 3.28. The zero-order valence-corrected chi connectivity index (χ0v) is 14.6. The molecule has 0 unspecified atom stereocenters. The van der Waals surface area contributed by atoms with Crippen LogP contribution < -0.4 is 9.80 Å². The second kappa shape index (κ2) is 6.32. The van der Waals surface area contributed by atoms with Crippen molar-refractivity contribution >= 4 is 32.4 Å². The number of hydrogen-bond donors (Lipinski definition) is 1. The zero-order valence-electron chi connectivity index (χ0n) is 13.8. The number of hydrogen-bond acceptors (Lipinski definition) is 5. The van der Waals surface area contributed by atoms with Gasteiger partial charge >= 0.3 is 0 Å². The van der Waals surface area contributed by atoms with Crippen LogP contribution >= 0.6 is 11.3 Å². The molecular formula is C19H21N3OS. The van der Waals surface area contributed by atoms with Crippen molar-refractivity contribution in [2.75, 3.05) is 36.0 Å². The van der Waals surface area contributed by atoms with Crippen molar-refractivity contribution in [1.29, 1.82) is 0 Å². The summed E-state index contributed by atoms with van der Waals surface area (Å²) in [5, 5.41) is 11.1. The molecule has 2 aromatic carbocycles. The van der Waals surface area contributed by atoms with Crippen molar-refractivity contribution in [3.05, 3.63) is 48.0 Å². The largest absolute Gasteiger partial charge is 0.506 e. The maximum absolute atomic E-state index is 10.0. The van der Waals surface area contributed by atoms with Gasteiger partial charge in [-0.1, -0.05) is 42.5 Å². The number of piperazine rings is 1. The minimum atomic E-state index is 0.360. The smallest absolute Gasteiger partial charge is 0.186 e. The van der Waals surface area contributed by atoms with Crippen molar-refractivity contribution < 1.29 is 5.11 Å². The molecule has 24 heavy (non-hydrogen) atoms. The lowest BCUT2D eigenvalue weighted by Crippen LogP contribution is -2.46. The molecule has 0 bridgehead atoms. The van der Waals surface area contributed by atoms with Gasteiger partial charge in [-0.05, 0) is 30.2 Å². The van der Waals surface area contributed by atoms with Gasteiger partial charge in [0.25, 0.3) is 0 Å². The molecule has 0 radical (unpaired) electrons. The quantitative estimate of drug-likeness (QED) is 0.786. The molecule has 1 saturated heterocycles. The Morgan fingerprint density at radius 1 is 1.00 bits per heavy atom. The molecule has 1 aliphatic rings. The normalized spacial score (nSPS) is 15.2. The minimum Gasteiger partial charge on any atom is -0.506 e. The first-order valence-corrected chi connectivity index (χ1v) is 9.24. The van der Waals surface area contributed by atoms with Crippen molar-refractivity contribution in [2.24, 2.45) is 0 Å². The van der Waals surface area contributed by atoms with Gasteiger partial charge in [0.2, 0.25) is 0 Å². The highest BCUT2D eigenvalue weighted by molar-refractivity contribution is 7.22. The summed E-state index contributed by atoms with van der Waals surface area (Å²) >= 11 is 1.78. The van der Waals surface area contributed by atoms with E-state index < -0.39 is 0 Å². The summed E-state index contributed by atoms with van der Waals surface area (Å²) in [6.07, 6.45) is 1.02. The fourth-order valence-corrected chi connectivity index (χ4v) is 4.35. The molecule has 5 heteroatoms. The first kappa shape index (κ1) is 15.3. The van der Waals surface area contributed by atoms with Gasteiger partial charge in [-0.15, -0.1) is 0 Å². The van der Waals surface area contributed by atoms with Crippen molar-refractivity contribution in [3.63, 3.8) is 0 Å². The van der Waals surface area contributed by atoms with Crippen LogP contribution in [0.3, 0.4) is 0 Å². The van der Waals surface area contributed by atoms with E-state index in [0.29, 0.717) is 5.75 Å². The van der Waals surface area contributed by atoms with E-state index in [-0.39, 0.29) is 0 Å². The number of aromatic hydroxyl groups is 1. The van der Waals surface area contributed by atoms with E-state index in [1.807, 2.05) is 18.2 Å². The Morgan fingerprint density at radius 3 is 2.50 bits per heavy atom. The topological polar surface area (TPSA) is 39.6 Å². The van der Waals surface area contributed by atoms with E-state index in [4.69, 9.17) is 4.98 Å². The number of anilines is 2. The van der Waals surface area contributed by atoms with Gasteiger partial charge in [0.15, 0.2) is 5.13 Å². The molecule has 124 valence electrons. The molecule has 0 aliphatic carbocycles. The zero-order chi connectivity index (χ0) is 16.5. The Labute approximate surface area is 146 Å². The summed E-state index contributed by atoms with van der Waals surface area (Å²) in [5.41, 5.74) is 3.40. The van der Waals surface area contributed by atoms with Crippen LogP contribution in [0.1, 0.15) is 12.5 Å². The van der Waals surface area contributed by atoms with Gasteiger partial charge in [-0.25, -0.2) is 4.98 Å². The Bertz CT molecular complexity index is 853. The van der Waals surface area contributed by atoms with Crippen molar-refractivity contribution in [1.82, 2.24) is 4.98 Å². The van der Waals surface area contributed by atoms with Gasteiger partial charge < -0.3 is 14.9 Å². The van der Waals surface area contributed by atoms with Gasteiger partial charge in [-0.3, -0.25) is 0 Å². The number of rotatable bonds is 3. The van der Waals surface area contributed by atoms with Gasteiger partial charge in [0, 0.05) is 26.2 Å². The molecule has 2 heterocycles. The molecule has 1 aliphatic heterocycles. The van der Waals surface area contributed by atoms with Gasteiger partial charge in [0.1, 0.15) is 5.75 Å².